The summed E-state index contributed by atoms with van der Waals surface area (Å²) in [6, 6.07) is 25.6. The molecule has 0 spiro atoms. The molecule has 4 aromatic rings. The predicted octanol–water partition coefficient (Wildman–Crippen LogP) is 6.02. The number of benzene rings is 3. The monoisotopic (exact) mass is 350 g/mol. The fourth-order valence-electron chi connectivity index (χ4n) is 3.19. The lowest BCUT2D eigenvalue weighted by molar-refractivity contribution is 0.482. The van der Waals surface area contributed by atoms with Crippen molar-refractivity contribution in [3.8, 4) is 23.3 Å². The highest BCUT2D eigenvalue weighted by Crippen LogP contribution is 2.28. The van der Waals surface area contributed by atoms with Crippen LogP contribution in [0.1, 0.15) is 11.1 Å². The van der Waals surface area contributed by atoms with E-state index < -0.39 is 0 Å². The predicted molar refractivity (Wildman–Crippen MR) is 108 cm³/mol. The summed E-state index contributed by atoms with van der Waals surface area (Å²) in [5.74, 6) is 1.47. The van der Waals surface area contributed by atoms with E-state index in [4.69, 9.17) is 10.00 Å². The Kier molecular flexibility index (Phi) is 4.47. The molecule has 1 aromatic heterocycles. The molecule has 0 aliphatic heterocycles. The quantitative estimate of drug-likeness (QED) is 0.413. The summed E-state index contributed by atoms with van der Waals surface area (Å²) in [5.41, 5.74) is 4.13. The summed E-state index contributed by atoms with van der Waals surface area (Å²) in [6.45, 7) is 3.86. The Morgan fingerprint density at radius 2 is 1.59 bits per heavy atom. The van der Waals surface area contributed by atoms with Gasteiger partial charge in [0.15, 0.2) is 0 Å². The average Bonchev–Trinajstić information content (AvgIpc) is 3.08. The number of hydrogen-bond acceptors (Lipinski definition) is 2. The Hall–Kier alpha value is -3.77. The van der Waals surface area contributed by atoms with Gasteiger partial charge in [-0.25, -0.2) is 0 Å². The number of rotatable bonds is 5. The zero-order valence-corrected chi connectivity index (χ0v) is 14.8. The van der Waals surface area contributed by atoms with Gasteiger partial charge in [0.1, 0.15) is 11.5 Å². The second-order valence-corrected chi connectivity index (χ2v) is 6.27. The van der Waals surface area contributed by atoms with E-state index in [1.807, 2.05) is 30.3 Å². The largest absolute Gasteiger partial charge is 0.457 e. The number of ether oxygens (including phenoxy) is 1. The van der Waals surface area contributed by atoms with Gasteiger partial charge < -0.3 is 9.30 Å². The molecule has 0 aliphatic carbocycles. The summed E-state index contributed by atoms with van der Waals surface area (Å²) < 4.78 is 8.06. The molecule has 0 unspecified atom stereocenters. The summed E-state index contributed by atoms with van der Waals surface area (Å²) in [7, 11) is 0. The van der Waals surface area contributed by atoms with Crippen molar-refractivity contribution in [3.05, 3.63) is 103 Å². The van der Waals surface area contributed by atoms with Crippen LogP contribution < -0.4 is 4.74 Å². The van der Waals surface area contributed by atoms with Crippen LogP contribution in [0, 0.1) is 11.3 Å². The minimum Gasteiger partial charge on any atom is -0.457 e. The first-order valence-corrected chi connectivity index (χ1v) is 8.77. The zero-order valence-electron chi connectivity index (χ0n) is 14.8. The molecule has 0 radical (unpaired) electrons. The molecule has 27 heavy (non-hydrogen) atoms. The fourth-order valence-corrected chi connectivity index (χ4v) is 3.19. The van der Waals surface area contributed by atoms with Crippen molar-refractivity contribution in [1.29, 1.82) is 5.26 Å². The van der Waals surface area contributed by atoms with E-state index in [1.165, 1.54) is 16.5 Å². The van der Waals surface area contributed by atoms with Crippen molar-refractivity contribution >= 4 is 10.9 Å². The van der Waals surface area contributed by atoms with E-state index in [0.29, 0.717) is 11.3 Å². The van der Waals surface area contributed by atoms with Crippen LogP contribution in [0.5, 0.6) is 11.5 Å². The third-order valence-electron chi connectivity index (χ3n) is 4.49. The van der Waals surface area contributed by atoms with Crippen LogP contribution in [0.15, 0.2) is 91.6 Å². The van der Waals surface area contributed by atoms with E-state index in [-0.39, 0.29) is 0 Å². The van der Waals surface area contributed by atoms with Crippen LogP contribution in [0.3, 0.4) is 0 Å². The number of nitriles is 1. The molecule has 3 heteroatoms. The SMILES string of the molecule is C=CCc1cn(-c2ccc(Oc3ccc(C#N)cc3)cc2)c2ccccc12. The number of aromatic nitrogens is 1. The lowest BCUT2D eigenvalue weighted by Crippen LogP contribution is -1.92. The zero-order chi connectivity index (χ0) is 18.6. The lowest BCUT2D eigenvalue weighted by atomic mass is 10.1. The van der Waals surface area contributed by atoms with Crippen LogP contribution in [0.4, 0.5) is 0 Å². The molecule has 0 bridgehead atoms. The Morgan fingerprint density at radius 1 is 0.926 bits per heavy atom. The highest BCUT2D eigenvalue weighted by Gasteiger charge is 2.08. The highest BCUT2D eigenvalue weighted by molar-refractivity contribution is 5.85. The van der Waals surface area contributed by atoms with E-state index in [1.54, 1.807) is 24.3 Å². The first-order chi connectivity index (χ1) is 13.3. The highest BCUT2D eigenvalue weighted by atomic mass is 16.5. The van der Waals surface area contributed by atoms with Gasteiger partial charge in [-0.05, 0) is 66.6 Å². The van der Waals surface area contributed by atoms with Gasteiger partial charge in [-0.1, -0.05) is 24.3 Å². The Labute approximate surface area is 158 Å². The molecule has 0 saturated carbocycles. The van der Waals surface area contributed by atoms with Crippen LogP contribution >= 0.6 is 0 Å². The molecule has 1 heterocycles. The maximum atomic E-state index is 8.87. The van der Waals surface area contributed by atoms with Gasteiger partial charge in [0.05, 0.1) is 17.1 Å². The summed E-state index contributed by atoms with van der Waals surface area (Å²) in [5, 5.41) is 10.1. The molecule has 0 aliphatic rings. The molecule has 3 nitrogen and oxygen atoms in total. The second kappa shape index (κ2) is 7.23. The van der Waals surface area contributed by atoms with Crippen LogP contribution in [0.25, 0.3) is 16.6 Å². The lowest BCUT2D eigenvalue weighted by Gasteiger charge is -2.09. The van der Waals surface area contributed by atoms with Gasteiger partial charge in [-0.15, -0.1) is 6.58 Å². The number of fused-ring (bicyclic) bond motifs is 1. The second-order valence-electron chi connectivity index (χ2n) is 6.27. The maximum absolute atomic E-state index is 8.87. The molecule has 0 fully saturated rings. The molecule has 0 N–H and O–H groups in total. The number of nitrogens with zero attached hydrogens (tertiary/aromatic N) is 2. The fraction of sp³-hybridized carbons (Fsp3) is 0.0417. The topological polar surface area (TPSA) is 38.0 Å². The Bertz CT molecular complexity index is 1130. The maximum Gasteiger partial charge on any atom is 0.127 e. The van der Waals surface area contributed by atoms with E-state index >= 15 is 0 Å². The van der Waals surface area contributed by atoms with Gasteiger partial charge in [-0.2, -0.15) is 5.26 Å². The van der Waals surface area contributed by atoms with Crippen molar-refractivity contribution in [2.75, 3.05) is 0 Å². The molecule has 0 saturated heterocycles. The standard InChI is InChI=1S/C24H18N2O/c1-2-5-19-17-26(24-7-4-3-6-23(19)24)20-10-14-22(15-11-20)27-21-12-8-18(16-25)9-13-21/h2-4,6-15,17H,1,5H2. The first-order valence-electron chi connectivity index (χ1n) is 8.77. The van der Waals surface area contributed by atoms with Crippen molar-refractivity contribution in [3.63, 3.8) is 0 Å². The minimum atomic E-state index is 0.618. The molecule has 0 amide bonds. The molecule has 4 rings (SSSR count). The van der Waals surface area contributed by atoms with Gasteiger partial charge in [0, 0.05) is 17.3 Å². The third-order valence-corrected chi connectivity index (χ3v) is 4.49. The Morgan fingerprint density at radius 3 is 2.26 bits per heavy atom. The van der Waals surface area contributed by atoms with Crippen LogP contribution in [-0.2, 0) is 6.42 Å². The number of para-hydroxylation sites is 1. The van der Waals surface area contributed by atoms with Crippen molar-refractivity contribution < 1.29 is 4.74 Å². The molecular weight excluding hydrogens is 332 g/mol. The summed E-state index contributed by atoms with van der Waals surface area (Å²) >= 11 is 0. The van der Waals surface area contributed by atoms with Crippen molar-refractivity contribution in [2.24, 2.45) is 0 Å². The average molecular weight is 350 g/mol. The Balaban J connectivity index is 1.63. The van der Waals surface area contributed by atoms with Gasteiger partial charge in [-0.3, -0.25) is 0 Å². The molecule has 130 valence electrons. The summed E-state index contributed by atoms with van der Waals surface area (Å²) in [4.78, 5) is 0. The van der Waals surface area contributed by atoms with Gasteiger partial charge >= 0.3 is 0 Å². The molecule has 3 aromatic carbocycles. The number of hydrogen-bond donors (Lipinski definition) is 0. The van der Waals surface area contributed by atoms with Crippen molar-refractivity contribution in [1.82, 2.24) is 4.57 Å². The first kappa shape index (κ1) is 16.7. The van der Waals surface area contributed by atoms with E-state index in [9.17, 15) is 0 Å². The third kappa shape index (κ3) is 3.33. The number of allylic oxidation sites excluding steroid dienone is 1. The van der Waals surface area contributed by atoms with E-state index in [0.717, 1.165) is 17.9 Å². The minimum absolute atomic E-state index is 0.618. The van der Waals surface area contributed by atoms with E-state index in [2.05, 4.69) is 47.7 Å². The molecular formula is C24H18N2O. The smallest absolute Gasteiger partial charge is 0.127 e. The summed E-state index contributed by atoms with van der Waals surface area (Å²) in [6.07, 6.45) is 4.94. The molecule has 0 atom stereocenters. The van der Waals surface area contributed by atoms with Crippen LogP contribution in [0.2, 0.25) is 0 Å². The van der Waals surface area contributed by atoms with Crippen molar-refractivity contribution in [2.45, 2.75) is 6.42 Å². The van der Waals surface area contributed by atoms with Gasteiger partial charge in [0.2, 0.25) is 0 Å². The van der Waals surface area contributed by atoms with Gasteiger partial charge in [0.25, 0.3) is 0 Å². The van der Waals surface area contributed by atoms with Crippen LogP contribution in [-0.4, -0.2) is 4.57 Å². The normalized spacial score (nSPS) is 10.5.